The number of rotatable bonds is 4. The monoisotopic (exact) mass is 397 g/mol. The number of benzene rings is 2. The van der Waals surface area contributed by atoms with Crippen LogP contribution in [-0.2, 0) is 9.68 Å². The number of hydrogen-bond donors (Lipinski definition) is 2. The summed E-state index contributed by atoms with van der Waals surface area (Å²) in [6, 6.07) is 17.8. The highest BCUT2D eigenvalue weighted by Gasteiger charge is 2.39. The zero-order chi connectivity index (χ0) is 19.4. The number of hydrogen-bond acceptors (Lipinski definition) is 6. The topological polar surface area (TPSA) is 55.0 Å². The van der Waals surface area contributed by atoms with Gasteiger partial charge in [-0.25, -0.2) is 0 Å². The van der Waals surface area contributed by atoms with E-state index in [0.29, 0.717) is 5.17 Å². The van der Waals surface area contributed by atoms with Crippen LogP contribution in [-0.4, -0.2) is 36.0 Å². The summed E-state index contributed by atoms with van der Waals surface area (Å²) in [6.07, 6.45) is 3.82. The largest absolute Gasteiger partial charge is 0.497 e. The first-order valence-corrected chi connectivity index (χ1v) is 9.67. The molecule has 0 aromatic heterocycles. The first-order chi connectivity index (χ1) is 13.7. The van der Waals surface area contributed by atoms with Crippen LogP contribution in [0.2, 0.25) is 0 Å². The summed E-state index contributed by atoms with van der Waals surface area (Å²) in [5.74, 6) is 0.764. The van der Waals surface area contributed by atoms with Crippen molar-refractivity contribution >= 4 is 28.8 Å². The first kappa shape index (κ1) is 18.7. The third kappa shape index (κ3) is 4.27. The van der Waals surface area contributed by atoms with E-state index in [-0.39, 0.29) is 5.60 Å². The maximum absolute atomic E-state index is 5.94. The quantitative estimate of drug-likeness (QED) is 0.763. The van der Waals surface area contributed by atoms with Crippen molar-refractivity contribution in [1.29, 1.82) is 0 Å². The van der Waals surface area contributed by atoms with Gasteiger partial charge in [0.05, 0.1) is 12.8 Å². The van der Waals surface area contributed by atoms with E-state index < -0.39 is 0 Å². The second-order valence-corrected chi connectivity index (χ2v) is 7.23. The summed E-state index contributed by atoms with van der Waals surface area (Å²) in [5.41, 5.74) is 5.76. The predicted octanol–water partition coefficient (Wildman–Crippen LogP) is 3.73. The van der Waals surface area contributed by atoms with Crippen molar-refractivity contribution in [3.63, 3.8) is 0 Å². The average Bonchev–Trinajstić information content (AvgIpc) is 3.14. The lowest BCUT2D eigenvalue weighted by molar-refractivity contribution is -0.142. The van der Waals surface area contributed by atoms with Crippen LogP contribution in [0.5, 0.6) is 5.75 Å². The van der Waals surface area contributed by atoms with Gasteiger partial charge in [-0.3, -0.25) is 10.3 Å². The normalized spacial score (nSPS) is 18.2. The Bertz CT molecular complexity index is 864. The van der Waals surface area contributed by atoms with Gasteiger partial charge in [-0.15, -0.1) is 5.06 Å². The van der Waals surface area contributed by atoms with E-state index in [1.165, 1.54) is 0 Å². The molecular weight excluding hydrogens is 374 g/mol. The molecule has 0 unspecified atom stereocenters. The number of nitrogens with one attached hydrogen (secondary N) is 2. The fraction of sp³-hybridized carbons (Fsp3) is 0.286. The lowest BCUT2D eigenvalue weighted by atomic mass is 9.91. The molecule has 2 aliphatic rings. The second kappa shape index (κ2) is 8.18. The van der Waals surface area contributed by atoms with E-state index in [0.717, 1.165) is 48.6 Å². The van der Waals surface area contributed by atoms with Crippen molar-refractivity contribution < 1.29 is 14.4 Å². The molecule has 6 nitrogen and oxygen atoms in total. The highest BCUT2D eigenvalue weighted by atomic mass is 32.1. The molecule has 2 aromatic carbocycles. The molecule has 0 amide bonds. The molecule has 0 aliphatic carbocycles. The molecule has 2 N–H and O–H groups in total. The molecule has 0 atom stereocenters. The minimum absolute atomic E-state index is 0.299. The Hall–Kier alpha value is -2.61. The number of hydroxylamine groups is 3. The summed E-state index contributed by atoms with van der Waals surface area (Å²) in [5, 5.41) is 5.27. The molecule has 0 saturated carbocycles. The highest BCUT2D eigenvalue weighted by molar-refractivity contribution is 7.80. The minimum atomic E-state index is -0.299. The maximum Gasteiger partial charge on any atom is 0.283 e. The van der Waals surface area contributed by atoms with Crippen molar-refractivity contribution in [1.82, 2.24) is 10.5 Å². The van der Waals surface area contributed by atoms with Gasteiger partial charge in [0.2, 0.25) is 0 Å². The molecular formula is C21H23N3O3S. The Kier molecular flexibility index (Phi) is 5.47. The highest BCUT2D eigenvalue weighted by Crippen LogP contribution is 2.34. The molecule has 2 aliphatic heterocycles. The van der Waals surface area contributed by atoms with Crippen LogP contribution in [0.4, 0.5) is 5.69 Å². The zero-order valence-corrected chi connectivity index (χ0v) is 16.5. The van der Waals surface area contributed by atoms with E-state index in [9.17, 15) is 0 Å². The number of ether oxygens (including phenoxy) is 1. The van der Waals surface area contributed by atoms with Crippen LogP contribution in [0.1, 0.15) is 18.4 Å². The molecule has 1 saturated heterocycles. The average molecular weight is 398 g/mol. The van der Waals surface area contributed by atoms with Gasteiger partial charge < -0.3 is 14.9 Å². The molecule has 2 aromatic rings. The first-order valence-electron chi connectivity index (χ1n) is 9.26. The van der Waals surface area contributed by atoms with Gasteiger partial charge in [-0.1, -0.05) is 36.4 Å². The van der Waals surface area contributed by atoms with Crippen molar-refractivity contribution in [2.24, 2.45) is 0 Å². The molecule has 0 radical (unpaired) electrons. The van der Waals surface area contributed by atoms with Crippen LogP contribution >= 0.6 is 12.2 Å². The van der Waals surface area contributed by atoms with Gasteiger partial charge in [0.1, 0.15) is 11.4 Å². The Morgan fingerprint density at radius 3 is 2.68 bits per heavy atom. The van der Waals surface area contributed by atoms with Crippen LogP contribution in [0.15, 0.2) is 60.7 Å². The standard InChI is InChI=1S/C21H23N3O3S/c1-25-18-9-5-8-17(14-18)22-20(28)26-24-12-10-21(11-13-24)15-19(23-27-21)16-6-3-2-4-7-16/h2-9,14-15,23H,10-13H2,1H3,(H,22,28). The fourth-order valence-corrected chi connectivity index (χ4v) is 3.62. The van der Waals surface area contributed by atoms with Crippen molar-refractivity contribution in [2.45, 2.75) is 18.4 Å². The molecule has 146 valence electrons. The molecule has 1 spiro atoms. The number of piperidine rings is 1. The summed E-state index contributed by atoms with van der Waals surface area (Å²) in [4.78, 5) is 11.7. The lowest BCUT2D eigenvalue weighted by Crippen LogP contribution is -2.45. The van der Waals surface area contributed by atoms with Gasteiger partial charge in [0, 0.05) is 24.8 Å². The smallest absolute Gasteiger partial charge is 0.283 e. The van der Waals surface area contributed by atoms with Gasteiger partial charge in [-0.05, 0) is 48.8 Å². The van der Waals surface area contributed by atoms with Crippen molar-refractivity contribution in [2.75, 3.05) is 25.5 Å². The second-order valence-electron chi connectivity index (χ2n) is 6.86. The summed E-state index contributed by atoms with van der Waals surface area (Å²) >= 11 is 5.33. The Morgan fingerprint density at radius 1 is 1.14 bits per heavy atom. The van der Waals surface area contributed by atoms with E-state index in [4.69, 9.17) is 26.6 Å². The third-order valence-corrected chi connectivity index (χ3v) is 5.13. The van der Waals surface area contributed by atoms with Crippen molar-refractivity contribution in [3.05, 3.63) is 66.2 Å². The summed E-state index contributed by atoms with van der Waals surface area (Å²) in [6.45, 7) is 1.44. The summed E-state index contributed by atoms with van der Waals surface area (Å²) in [7, 11) is 1.63. The molecule has 1 fully saturated rings. The number of nitrogens with zero attached hydrogens (tertiary/aromatic N) is 1. The summed E-state index contributed by atoms with van der Waals surface area (Å²) < 4.78 is 5.22. The maximum atomic E-state index is 5.94. The molecule has 28 heavy (non-hydrogen) atoms. The predicted molar refractivity (Wildman–Crippen MR) is 112 cm³/mol. The number of thiocarbonyl (C=S) groups is 1. The molecule has 4 rings (SSSR count). The number of anilines is 1. The van der Waals surface area contributed by atoms with Gasteiger partial charge in [-0.2, -0.15) is 0 Å². The lowest BCUT2D eigenvalue weighted by Gasteiger charge is -2.35. The van der Waals surface area contributed by atoms with E-state index in [1.54, 1.807) is 7.11 Å². The van der Waals surface area contributed by atoms with Crippen LogP contribution in [0.25, 0.3) is 5.70 Å². The Labute approximate surface area is 170 Å². The van der Waals surface area contributed by atoms with Crippen molar-refractivity contribution in [3.8, 4) is 5.75 Å². The fourth-order valence-electron chi connectivity index (χ4n) is 3.40. The minimum Gasteiger partial charge on any atom is -0.497 e. The Morgan fingerprint density at radius 2 is 1.93 bits per heavy atom. The van der Waals surface area contributed by atoms with Crippen LogP contribution in [0.3, 0.4) is 0 Å². The van der Waals surface area contributed by atoms with Crippen LogP contribution in [0, 0.1) is 0 Å². The third-order valence-electron chi connectivity index (χ3n) is 4.95. The van der Waals surface area contributed by atoms with E-state index >= 15 is 0 Å². The SMILES string of the molecule is COc1cccc(NC(=S)ON2CCC3(C=C(c4ccccc4)NO3)CC2)c1. The Balaban J connectivity index is 1.31. The van der Waals surface area contributed by atoms with Gasteiger partial charge >= 0.3 is 0 Å². The van der Waals surface area contributed by atoms with Crippen LogP contribution < -0.4 is 15.5 Å². The molecule has 0 bridgehead atoms. The van der Waals surface area contributed by atoms with E-state index in [1.807, 2.05) is 47.5 Å². The van der Waals surface area contributed by atoms with E-state index in [2.05, 4.69) is 29.0 Å². The molecule has 7 heteroatoms. The number of methoxy groups -OCH3 is 1. The van der Waals surface area contributed by atoms with Gasteiger partial charge in [0.15, 0.2) is 0 Å². The zero-order valence-electron chi connectivity index (χ0n) is 15.7. The molecule has 2 heterocycles. The van der Waals surface area contributed by atoms with Gasteiger partial charge in [0.25, 0.3) is 5.17 Å².